The Bertz CT molecular complexity index is 631. The molecular formula is C13H14N2O4. The summed E-state index contributed by atoms with van der Waals surface area (Å²) in [6.45, 7) is 2.63. The van der Waals surface area contributed by atoms with E-state index < -0.39 is 11.4 Å². The molecule has 3 rings (SSSR count). The first-order valence-corrected chi connectivity index (χ1v) is 6.01. The summed E-state index contributed by atoms with van der Waals surface area (Å²) in [5.74, 6) is -0.217. The van der Waals surface area contributed by atoms with Gasteiger partial charge in [-0.3, -0.25) is 4.79 Å². The van der Waals surface area contributed by atoms with Crippen molar-refractivity contribution in [2.75, 3.05) is 25.1 Å². The monoisotopic (exact) mass is 262 g/mol. The molecule has 19 heavy (non-hydrogen) atoms. The lowest BCUT2D eigenvalue weighted by Crippen LogP contribution is -2.53. The molecule has 2 aromatic rings. The number of hydrogen-bond acceptors (Lipinski definition) is 5. The molecule has 0 bridgehead atoms. The van der Waals surface area contributed by atoms with Crippen LogP contribution in [0, 0.1) is 12.3 Å². The Morgan fingerprint density at radius 3 is 2.95 bits per heavy atom. The molecule has 1 aliphatic heterocycles. The minimum Gasteiger partial charge on any atom is -0.481 e. The van der Waals surface area contributed by atoms with Crippen molar-refractivity contribution in [2.45, 2.75) is 6.92 Å². The number of carboxylic acids is 1. The first kappa shape index (κ1) is 12.0. The third-order valence-electron chi connectivity index (χ3n) is 3.34. The number of oxazole rings is 1. The van der Waals surface area contributed by atoms with Crippen molar-refractivity contribution in [1.29, 1.82) is 0 Å². The molecule has 0 spiro atoms. The molecule has 0 aliphatic carbocycles. The molecule has 0 unspecified atom stereocenters. The Balaban J connectivity index is 1.76. The fourth-order valence-corrected chi connectivity index (χ4v) is 2.07. The van der Waals surface area contributed by atoms with Gasteiger partial charge in [-0.05, 0) is 18.2 Å². The number of benzene rings is 1. The second-order valence-electron chi connectivity index (χ2n) is 4.85. The lowest BCUT2D eigenvalue weighted by molar-refractivity contribution is -0.176. The molecule has 1 aromatic carbocycles. The van der Waals surface area contributed by atoms with Gasteiger partial charge in [0, 0.05) is 19.2 Å². The average molecular weight is 262 g/mol. The number of fused-ring (bicyclic) bond motifs is 1. The van der Waals surface area contributed by atoms with Crippen molar-refractivity contribution in [3.05, 3.63) is 24.1 Å². The van der Waals surface area contributed by atoms with Gasteiger partial charge in [-0.2, -0.15) is 0 Å². The summed E-state index contributed by atoms with van der Waals surface area (Å²) in [5, 5.41) is 12.3. The van der Waals surface area contributed by atoms with Crippen LogP contribution in [0.2, 0.25) is 0 Å². The number of ether oxygens (including phenoxy) is 1. The molecule has 0 saturated carbocycles. The highest BCUT2D eigenvalue weighted by molar-refractivity contribution is 5.79. The van der Waals surface area contributed by atoms with Gasteiger partial charge in [0.05, 0.1) is 13.2 Å². The van der Waals surface area contributed by atoms with Crippen molar-refractivity contribution in [1.82, 2.24) is 4.98 Å². The number of nitrogens with one attached hydrogen (secondary N) is 1. The molecule has 2 heterocycles. The van der Waals surface area contributed by atoms with Crippen LogP contribution in [0.25, 0.3) is 11.1 Å². The van der Waals surface area contributed by atoms with Crippen LogP contribution in [0.1, 0.15) is 5.89 Å². The van der Waals surface area contributed by atoms with Gasteiger partial charge in [-0.25, -0.2) is 4.98 Å². The van der Waals surface area contributed by atoms with E-state index in [1.54, 1.807) is 6.92 Å². The van der Waals surface area contributed by atoms with Gasteiger partial charge in [-0.15, -0.1) is 0 Å². The zero-order chi connectivity index (χ0) is 13.5. The molecule has 6 heteroatoms. The second-order valence-corrected chi connectivity index (χ2v) is 4.85. The van der Waals surface area contributed by atoms with E-state index in [4.69, 9.17) is 9.15 Å². The van der Waals surface area contributed by atoms with Gasteiger partial charge >= 0.3 is 5.97 Å². The lowest BCUT2D eigenvalue weighted by atomic mass is 9.86. The highest BCUT2D eigenvalue weighted by Gasteiger charge is 2.46. The van der Waals surface area contributed by atoms with E-state index in [-0.39, 0.29) is 13.2 Å². The third kappa shape index (κ3) is 2.04. The number of carboxylic acid groups (broad SMARTS) is 1. The summed E-state index contributed by atoms with van der Waals surface area (Å²) < 4.78 is 10.4. The van der Waals surface area contributed by atoms with Crippen LogP contribution in [-0.4, -0.2) is 35.8 Å². The second kappa shape index (κ2) is 4.24. The van der Waals surface area contributed by atoms with E-state index in [0.717, 1.165) is 16.8 Å². The maximum atomic E-state index is 11.2. The molecule has 1 saturated heterocycles. The molecule has 0 radical (unpaired) electrons. The van der Waals surface area contributed by atoms with Crippen molar-refractivity contribution in [2.24, 2.45) is 5.41 Å². The first-order valence-electron chi connectivity index (χ1n) is 6.01. The fraction of sp³-hybridized carbons (Fsp3) is 0.385. The largest absolute Gasteiger partial charge is 0.481 e. The Hall–Kier alpha value is -2.08. The molecule has 100 valence electrons. The summed E-state index contributed by atoms with van der Waals surface area (Å²) in [6, 6.07) is 5.52. The maximum absolute atomic E-state index is 11.2. The topological polar surface area (TPSA) is 84.6 Å². The summed E-state index contributed by atoms with van der Waals surface area (Å²) in [7, 11) is 0. The van der Waals surface area contributed by atoms with E-state index in [1.807, 2.05) is 18.2 Å². The predicted octanol–water partition coefficient (Wildman–Crippen LogP) is 1.65. The predicted molar refractivity (Wildman–Crippen MR) is 68.1 cm³/mol. The average Bonchev–Trinajstić information content (AvgIpc) is 2.66. The van der Waals surface area contributed by atoms with Gasteiger partial charge in [0.1, 0.15) is 10.9 Å². The Morgan fingerprint density at radius 1 is 1.53 bits per heavy atom. The van der Waals surface area contributed by atoms with E-state index in [0.29, 0.717) is 12.4 Å². The highest BCUT2D eigenvalue weighted by atomic mass is 16.5. The zero-order valence-corrected chi connectivity index (χ0v) is 10.5. The number of nitrogens with zero attached hydrogens (tertiary/aromatic N) is 1. The highest BCUT2D eigenvalue weighted by Crippen LogP contribution is 2.29. The molecule has 0 atom stereocenters. The van der Waals surface area contributed by atoms with Crippen LogP contribution in [0.3, 0.4) is 0 Å². The molecule has 0 amide bonds. The molecule has 1 aliphatic rings. The summed E-state index contributed by atoms with van der Waals surface area (Å²) in [6.07, 6.45) is 0. The van der Waals surface area contributed by atoms with Gasteiger partial charge in [0.2, 0.25) is 0 Å². The number of aliphatic carboxylic acids is 1. The van der Waals surface area contributed by atoms with Crippen LogP contribution in [-0.2, 0) is 9.53 Å². The quantitative estimate of drug-likeness (QED) is 0.871. The molecule has 6 nitrogen and oxygen atoms in total. The summed E-state index contributed by atoms with van der Waals surface area (Å²) in [4.78, 5) is 15.4. The van der Waals surface area contributed by atoms with Gasteiger partial charge in [0.25, 0.3) is 0 Å². The minimum absolute atomic E-state index is 0.251. The maximum Gasteiger partial charge on any atom is 0.316 e. The molecular weight excluding hydrogens is 248 g/mol. The Labute approximate surface area is 109 Å². The minimum atomic E-state index is -0.829. The van der Waals surface area contributed by atoms with Gasteiger partial charge in [0.15, 0.2) is 11.5 Å². The van der Waals surface area contributed by atoms with Crippen LogP contribution in [0.4, 0.5) is 5.69 Å². The van der Waals surface area contributed by atoms with Gasteiger partial charge in [-0.1, -0.05) is 0 Å². The van der Waals surface area contributed by atoms with E-state index in [2.05, 4.69) is 10.3 Å². The number of aromatic nitrogens is 1. The zero-order valence-electron chi connectivity index (χ0n) is 10.5. The van der Waals surface area contributed by atoms with Crippen LogP contribution >= 0.6 is 0 Å². The van der Waals surface area contributed by atoms with Crippen molar-refractivity contribution < 1.29 is 19.1 Å². The number of carbonyl (C=O) groups is 1. The summed E-state index contributed by atoms with van der Waals surface area (Å²) in [5.41, 5.74) is 1.50. The Kier molecular flexibility index (Phi) is 2.67. The van der Waals surface area contributed by atoms with Crippen LogP contribution in [0.15, 0.2) is 22.6 Å². The van der Waals surface area contributed by atoms with Gasteiger partial charge < -0.3 is 19.6 Å². The van der Waals surface area contributed by atoms with E-state index in [1.165, 1.54) is 0 Å². The molecule has 1 aromatic heterocycles. The van der Waals surface area contributed by atoms with Crippen LogP contribution < -0.4 is 5.32 Å². The number of aryl methyl sites for hydroxylation is 1. The van der Waals surface area contributed by atoms with Crippen molar-refractivity contribution in [3.63, 3.8) is 0 Å². The number of hydrogen-bond donors (Lipinski definition) is 2. The van der Waals surface area contributed by atoms with E-state index >= 15 is 0 Å². The van der Waals surface area contributed by atoms with Crippen molar-refractivity contribution in [3.8, 4) is 0 Å². The SMILES string of the molecule is Cc1nc2cc(NCC3(C(=O)O)COC3)ccc2o1. The molecule has 1 fully saturated rings. The number of rotatable bonds is 4. The first-order chi connectivity index (χ1) is 9.09. The smallest absolute Gasteiger partial charge is 0.316 e. The number of anilines is 1. The Morgan fingerprint density at radius 2 is 2.32 bits per heavy atom. The standard InChI is InChI=1S/C13H14N2O4/c1-8-15-10-4-9(2-3-11(10)19-8)14-5-13(12(16)17)6-18-7-13/h2-4,14H,5-7H2,1H3,(H,16,17). The fourth-order valence-electron chi connectivity index (χ4n) is 2.07. The summed E-state index contributed by atoms with van der Waals surface area (Å²) >= 11 is 0. The normalized spacial score (nSPS) is 17.1. The van der Waals surface area contributed by atoms with Crippen LogP contribution in [0.5, 0.6) is 0 Å². The lowest BCUT2D eigenvalue weighted by Gasteiger charge is -2.37. The van der Waals surface area contributed by atoms with E-state index in [9.17, 15) is 9.90 Å². The van der Waals surface area contributed by atoms with Crippen molar-refractivity contribution >= 4 is 22.8 Å². The molecule has 2 N–H and O–H groups in total. The third-order valence-corrected chi connectivity index (χ3v) is 3.34.